The highest BCUT2D eigenvalue weighted by atomic mass is 15.2. The summed E-state index contributed by atoms with van der Waals surface area (Å²) in [6.45, 7) is 6.46. The summed E-state index contributed by atoms with van der Waals surface area (Å²) in [6.07, 6.45) is 1.12. The van der Waals surface area contributed by atoms with E-state index in [1.807, 2.05) is 0 Å². The van der Waals surface area contributed by atoms with Crippen LogP contribution in [0.25, 0.3) is 0 Å². The molecule has 2 N–H and O–H groups in total. The molecule has 0 bridgehead atoms. The van der Waals surface area contributed by atoms with Crippen LogP contribution in [0.4, 0.5) is 5.69 Å². The Morgan fingerprint density at radius 3 is 2.79 bits per heavy atom. The molecule has 1 aliphatic rings. The molecule has 0 amide bonds. The standard InChI is InChI=1S/C12H18N2/c1-9-4-3-5-12(10(9)2)14-7-6-11(13)8-14/h3-5,11H,6-8,13H2,1-2H3/t11-/m1/s1. The number of aryl methyl sites for hydroxylation is 1. The molecule has 1 saturated heterocycles. The number of anilines is 1. The summed E-state index contributed by atoms with van der Waals surface area (Å²) in [7, 11) is 0. The molecule has 1 fully saturated rings. The fourth-order valence-corrected chi connectivity index (χ4v) is 2.08. The summed E-state index contributed by atoms with van der Waals surface area (Å²) in [5.74, 6) is 0. The summed E-state index contributed by atoms with van der Waals surface area (Å²) in [6, 6.07) is 6.84. The van der Waals surface area contributed by atoms with Crippen molar-refractivity contribution in [1.82, 2.24) is 0 Å². The number of hydrogen-bond donors (Lipinski definition) is 1. The average molecular weight is 190 g/mol. The predicted octanol–water partition coefficient (Wildman–Crippen LogP) is 1.84. The quantitative estimate of drug-likeness (QED) is 0.732. The van der Waals surface area contributed by atoms with Crippen molar-refractivity contribution in [1.29, 1.82) is 0 Å². The maximum absolute atomic E-state index is 5.91. The van der Waals surface area contributed by atoms with E-state index in [0.717, 1.165) is 19.5 Å². The number of benzene rings is 1. The first kappa shape index (κ1) is 9.53. The van der Waals surface area contributed by atoms with E-state index in [1.54, 1.807) is 0 Å². The van der Waals surface area contributed by atoms with Crippen molar-refractivity contribution in [2.45, 2.75) is 26.3 Å². The normalized spacial score (nSPS) is 21.6. The Morgan fingerprint density at radius 2 is 2.14 bits per heavy atom. The van der Waals surface area contributed by atoms with E-state index in [4.69, 9.17) is 5.73 Å². The molecule has 0 saturated carbocycles. The number of rotatable bonds is 1. The molecular formula is C12H18N2. The smallest absolute Gasteiger partial charge is 0.0399 e. The molecule has 0 radical (unpaired) electrons. The van der Waals surface area contributed by atoms with Gasteiger partial charge in [0.25, 0.3) is 0 Å². The van der Waals surface area contributed by atoms with Gasteiger partial charge >= 0.3 is 0 Å². The molecular weight excluding hydrogens is 172 g/mol. The summed E-state index contributed by atoms with van der Waals surface area (Å²) in [5, 5.41) is 0. The molecule has 0 aliphatic carbocycles. The van der Waals surface area contributed by atoms with Crippen LogP contribution < -0.4 is 10.6 Å². The second kappa shape index (κ2) is 3.62. The van der Waals surface area contributed by atoms with E-state index in [1.165, 1.54) is 16.8 Å². The molecule has 1 heterocycles. The zero-order valence-corrected chi connectivity index (χ0v) is 8.96. The van der Waals surface area contributed by atoms with Gasteiger partial charge in [-0.05, 0) is 37.5 Å². The van der Waals surface area contributed by atoms with E-state index >= 15 is 0 Å². The van der Waals surface area contributed by atoms with Crippen LogP contribution in [0.1, 0.15) is 17.5 Å². The maximum atomic E-state index is 5.91. The van der Waals surface area contributed by atoms with Gasteiger partial charge in [-0.1, -0.05) is 12.1 Å². The van der Waals surface area contributed by atoms with Gasteiger partial charge in [0.1, 0.15) is 0 Å². The zero-order chi connectivity index (χ0) is 10.1. The fourth-order valence-electron chi connectivity index (χ4n) is 2.08. The van der Waals surface area contributed by atoms with E-state index in [9.17, 15) is 0 Å². The van der Waals surface area contributed by atoms with Gasteiger partial charge in [0.15, 0.2) is 0 Å². The molecule has 0 aromatic heterocycles. The summed E-state index contributed by atoms with van der Waals surface area (Å²) < 4.78 is 0. The lowest BCUT2D eigenvalue weighted by Gasteiger charge is -2.21. The maximum Gasteiger partial charge on any atom is 0.0399 e. The van der Waals surface area contributed by atoms with Crippen molar-refractivity contribution < 1.29 is 0 Å². The lowest BCUT2D eigenvalue weighted by Crippen LogP contribution is -2.26. The fraction of sp³-hybridized carbons (Fsp3) is 0.500. The highest BCUT2D eigenvalue weighted by Gasteiger charge is 2.20. The molecule has 0 spiro atoms. The largest absolute Gasteiger partial charge is 0.370 e. The number of hydrogen-bond acceptors (Lipinski definition) is 2. The Balaban J connectivity index is 2.28. The third kappa shape index (κ3) is 1.62. The molecule has 76 valence electrons. The number of nitrogens with two attached hydrogens (primary N) is 1. The van der Waals surface area contributed by atoms with Crippen LogP contribution in [-0.4, -0.2) is 19.1 Å². The van der Waals surface area contributed by atoms with Gasteiger partial charge in [0.05, 0.1) is 0 Å². The Labute approximate surface area is 85.7 Å². The zero-order valence-electron chi connectivity index (χ0n) is 8.96. The first-order valence-electron chi connectivity index (χ1n) is 5.25. The van der Waals surface area contributed by atoms with Crippen molar-refractivity contribution >= 4 is 5.69 Å². The minimum atomic E-state index is 0.356. The Morgan fingerprint density at radius 1 is 1.36 bits per heavy atom. The topological polar surface area (TPSA) is 29.3 Å². The van der Waals surface area contributed by atoms with E-state index < -0.39 is 0 Å². The lowest BCUT2D eigenvalue weighted by molar-refractivity contribution is 0.752. The van der Waals surface area contributed by atoms with E-state index in [-0.39, 0.29) is 0 Å². The molecule has 2 nitrogen and oxygen atoms in total. The summed E-state index contributed by atoms with van der Waals surface area (Å²) in [5.41, 5.74) is 10.0. The molecule has 1 aromatic carbocycles. The van der Waals surface area contributed by atoms with Crippen LogP contribution >= 0.6 is 0 Å². The molecule has 2 heteroatoms. The Hall–Kier alpha value is -1.02. The highest BCUT2D eigenvalue weighted by Crippen LogP contribution is 2.25. The first-order chi connectivity index (χ1) is 6.68. The average Bonchev–Trinajstić information content (AvgIpc) is 2.57. The van der Waals surface area contributed by atoms with Crippen LogP contribution in [0.2, 0.25) is 0 Å². The third-order valence-corrected chi connectivity index (χ3v) is 3.14. The van der Waals surface area contributed by atoms with Gasteiger partial charge in [-0.2, -0.15) is 0 Å². The molecule has 0 unspecified atom stereocenters. The molecule has 1 atom stereocenters. The number of nitrogens with zero attached hydrogens (tertiary/aromatic N) is 1. The Bertz CT molecular complexity index is 333. The van der Waals surface area contributed by atoms with Crippen LogP contribution in [0, 0.1) is 13.8 Å². The second-order valence-corrected chi connectivity index (χ2v) is 4.21. The van der Waals surface area contributed by atoms with Gasteiger partial charge in [-0.3, -0.25) is 0 Å². The monoisotopic (exact) mass is 190 g/mol. The predicted molar refractivity (Wildman–Crippen MR) is 60.7 cm³/mol. The van der Waals surface area contributed by atoms with E-state index in [0.29, 0.717) is 6.04 Å². The van der Waals surface area contributed by atoms with Gasteiger partial charge in [-0.15, -0.1) is 0 Å². The minimum Gasteiger partial charge on any atom is -0.370 e. The molecule has 1 aliphatic heterocycles. The molecule has 2 rings (SSSR count). The molecule has 14 heavy (non-hydrogen) atoms. The van der Waals surface area contributed by atoms with Crippen molar-refractivity contribution in [2.24, 2.45) is 5.73 Å². The lowest BCUT2D eigenvalue weighted by atomic mass is 10.1. The van der Waals surface area contributed by atoms with Crippen molar-refractivity contribution in [2.75, 3.05) is 18.0 Å². The van der Waals surface area contributed by atoms with Crippen LogP contribution in [0.3, 0.4) is 0 Å². The van der Waals surface area contributed by atoms with Gasteiger partial charge < -0.3 is 10.6 Å². The van der Waals surface area contributed by atoms with Gasteiger partial charge in [0.2, 0.25) is 0 Å². The van der Waals surface area contributed by atoms with Crippen molar-refractivity contribution in [3.63, 3.8) is 0 Å². The van der Waals surface area contributed by atoms with Crippen LogP contribution in [0.15, 0.2) is 18.2 Å². The highest BCUT2D eigenvalue weighted by molar-refractivity contribution is 5.56. The second-order valence-electron chi connectivity index (χ2n) is 4.21. The first-order valence-corrected chi connectivity index (χ1v) is 5.25. The van der Waals surface area contributed by atoms with Crippen molar-refractivity contribution in [3.8, 4) is 0 Å². The van der Waals surface area contributed by atoms with Crippen LogP contribution in [-0.2, 0) is 0 Å². The van der Waals surface area contributed by atoms with Gasteiger partial charge in [-0.25, -0.2) is 0 Å². The van der Waals surface area contributed by atoms with Gasteiger partial charge in [0, 0.05) is 24.8 Å². The minimum absolute atomic E-state index is 0.356. The molecule has 1 aromatic rings. The van der Waals surface area contributed by atoms with Crippen molar-refractivity contribution in [3.05, 3.63) is 29.3 Å². The summed E-state index contributed by atoms with van der Waals surface area (Å²) >= 11 is 0. The third-order valence-electron chi connectivity index (χ3n) is 3.14. The Kier molecular flexibility index (Phi) is 2.46. The summed E-state index contributed by atoms with van der Waals surface area (Å²) in [4.78, 5) is 2.40. The van der Waals surface area contributed by atoms with Crippen LogP contribution in [0.5, 0.6) is 0 Å². The SMILES string of the molecule is Cc1cccc(N2CC[C@@H](N)C2)c1C. The van der Waals surface area contributed by atoms with E-state index in [2.05, 4.69) is 36.9 Å².